The van der Waals surface area contributed by atoms with E-state index >= 15 is 0 Å². The maximum atomic E-state index is 12.6. The van der Waals surface area contributed by atoms with Crippen molar-refractivity contribution in [1.29, 1.82) is 0 Å². The number of nitrogens with one attached hydrogen (secondary N) is 1. The van der Waals surface area contributed by atoms with Crippen molar-refractivity contribution in [2.45, 2.75) is 32.0 Å². The number of hydrogen-bond acceptors (Lipinski definition) is 2. The summed E-state index contributed by atoms with van der Waals surface area (Å²) in [5, 5.41) is 11.9. The molecule has 0 aliphatic carbocycles. The van der Waals surface area contributed by atoms with Crippen LogP contribution in [0.3, 0.4) is 0 Å². The van der Waals surface area contributed by atoms with Crippen LogP contribution in [0, 0.1) is 0 Å². The van der Waals surface area contributed by atoms with Gasteiger partial charge in [0.1, 0.15) is 0 Å². The SMILES string of the molecule is CC(Cc1ccc(C(F)(F)F)cc1)NC(=O)Cc1ccccc1C(=O)O. The molecular weight excluding hydrogens is 347 g/mol. The van der Waals surface area contributed by atoms with Crippen molar-refractivity contribution >= 4 is 11.9 Å². The van der Waals surface area contributed by atoms with Crippen molar-refractivity contribution < 1.29 is 27.9 Å². The van der Waals surface area contributed by atoms with Gasteiger partial charge in [-0.05, 0) is 42.7 Å². The molecule has 2 aromatic carbocycles. The van der Waals surface area contributed by atoms with E-state index in [1.807, 2.05) is 0 Å². The van der Waals surface area contributed by atoms with Crippen LogP contribution in [0.2, 0.25) is 0 Å². The molecule has 0 saturated carbocycles. The smallest absolute Gasteiger partial charge is 0.416 e. The van der Waals surface area contributed by atoms with Crippen LogP contribution in [0.4, 0.5) is 13.2 Å². The molecule has 7 heteroatoms. The molecule has 4 nitrogen and oxygen atoms in total. The van der Waals surface area contributed by atoms with Gasteiger partial charge in [0, 0.05) is 6.04 Å². The largest absolute Gasteiger partial charge is 0.478 e. The molecule has 26 heavy (non-hydrogen) atoms. The second kappa shape index (κ2) is 8.03. The predicted octanol–water partition coefficient (Wildman–Crippen LogP) is 3.69. The van der Waals surface area contributed by atoms with Crippen molar-refractivity contribution in [2.75, 3.05) is 0 Å². The first kappa shape index (κ1) is 19.5. The number of rotatable bonds is 6. The van der Waals surface area contributed by atoms with Gasteiger partial charge in [-0.15, -0.1) is 0 Å². The minimum Gasteiger partial charge on any atom is -0.478 e. The molecule has 0 bridgehead atoms. The molecule has 1 atom stereocenters. The number of hydrogen-bond donors (Lipinski definition) is 2. The van der Waals surface area contributed by atoms with Crippen molar-refractivity contribution in [3.63, 3.8) is 0 Å². The fraction of sp³-hybridized carbons (Fsp3) is 0.263. The molecule has 2 N–H and O–H groups in total. The Morgan fingerprint density at radius 1 is 1.08 bits per heavy atom. The molecule has 0 heterocycles. The highest BCUT2D eigenvalue weighted by Crippen LogP contribution is 2.29. The molecule has 0 aromatic heterocycles. The molecule has 138 valence electrons. The summed E-state index contributed by atoms with van der Waals surface area (Å²) in [5.41, 5.74) is 0.414. The monoisotopic (exact) mass is 365 g/mol. The quantitative estimate of drug-likeness (QED) is 0.820. The summed E-state index contributed by atoms with van der Waals surface area (Å²) >= 11 is 0. The van der Waals surface area contributed by atoms with Crippen LogP contribution in [0.1, 0.15) is 34.0 Å². The van der Waals surface area contributed by atoms with Crippen molar-refractivity contribution in [3.8, 4) is 0 Å². The fourth-order valence-corrected chi connectivity index (χ4v) is 2.62. The highest BCUT2D eigenvalue weighted by molar-refractivity contribution is 5.91. The van der Waals surface area contributed by atoms with Crippen molar-refractivity contribution in [2.24, 2.45) is 0 Å². The lowest BCUT2D eigenvalue weighted by Crippen LogP contribution is -2.35. The van der Waals surface area contributed by atoms with Gasteiger partial charge in [-0.1, -0.05) is 30.3 Å². The Morgan fingerprint density at radius 3 is 2.27 bits per heavy atom. The lowest BCUT2D eigenvalue weighted by atomic mass is 10.0. The highest BCUT2D eigenvalue weighted by Gasteiger charge is 2.29. The zero-order chi connectivity index (χ0) is 19.3. The molecule has 0 radical (unpaired) electrons. The number of carbonyl (C=O) groups is 2. The van der Waals surface area contributed by atoms with Crippen LogP contribution >= 0.6 is 0 Å². The molecule has 0 aliphatic rings. The summed E-state index contributed by atoms with van der Waals surface area (Å²) < 4.78 is 37.7. The Labute approximate surface area is 148 Å². The molecule has 1 unspecified atom stereocenters. The van der Waals surface area contributed by atoms with Gasteiger partial charge >= 0.3 is 12.1 Å². The van der Waals surface area contributed by atoms with Gasteiger partial charge in [-0.3, -0.25) is 4.79 Å². The average molecular weight is 365 g/mol. The van der Waals surface area contributed by atoms with Gasteiger partial charge < -0.3 is 10.4 Å². The first-order valence-corrected chi connectivity index (χ1v) is 7.93. The maximum absolute atomic E-state index is 12.6. The van der Waals surface area contributed by atoms with E-state index in [4.69, 9.17) is 5.11 Å². The fourth-order valence-electron chi connectivity index (χ4n) is 2.62. The average Bonchev–Trinajstić information content (AvgIpc) is 2.54. The second-order valence-electron chi connectivity index (χ2n) is 6.01. The van der Waals surface area contributed by atoms with Gasteiger partial charge in [0.15, 0.2) is 0 Å². The third-order valence-corrected chi connectivity index (χ3v) is 3.83. The van der Waals surface area contributed by atoms with Crippen LogP contribution in [0.25, 0.3) is 0 Å². The lowest BCUT2D eigenvalue weighted by molar-refractivity contribution is -0.137. The minimum atomic E-state index is -4.38. The van der Waals surface area contributed by atoms with E-state index < -0.39 is 17.7 Å². The molecule has 0 spiro atoms. The number of benzene rings is 2. The standard InChI is InChI=1S/C19H18F3NO3/c1-12(10-13-6-8-15(9-7-13)19(20,21)22)23-17(24)11-14-4-2-3-5-16(14)18(25)26/h2-9,12H,10-11H2,1H3,(H,23,24)(H,25,26). The van der Waals surface area contributed by atoms with Crippen LogP contribution < -0.4 is 5.32 Å². The molecule has 1 amide bonds. The molecule has 0 aliphatic heterocycles. The third kappa shape index (κ3) is 5.34. The Balaban J connectivity index is 1.94. The lowest BCUT2D eigenvalue weighted by Gasteiger charge is -2.15. The molecular formula is C19H18F3NO3. The number of carbonyl (C=O) groups excluding carboxylic acids is 1. The van der Waals surface area contributed by atoms with Gasteiger partial charge in [-0.2, -0.15) is 13.2 Å². The summed E-state index contributed by atoms with van der Waals surface area (Å²) in [7, 11) is 0. The number of alkyl halides is 3. The topological polar surface area (TPSA) is 66.4 Å². The number of amides is 1. The van der Waals surface area contributed by atoms with E-state index in [-0.39, 0.29) is 23.9 Å². The summed E-state index contributed by atoms with van der Waals surface area (Å²) in [6.45, 7) is 1.73. The number of carboxylic acids is 1. The first-order chi connectivity index (χ1) is 12.2. The van der Waals surface area contributed by atoms with E-state index in [2.05, 4.69) is 5.32 Å². The van der Waals surface area contributed by atoms with E-state index in [1.165, 1.54) is 18.2 Å². The maximum Gasteiger partial charge on any atom is 0.416 e. The minimum absolute atomic E-state index is 0.0676. The van der Waals surface area contributed by atoms with Crippen LogP contribution in [-0.4, -0.2) is 23.0 Å². The summed E-state index contributed by atoms with van der Waals surface area (Å²) in [6.07, 6.45) is -4.10. The predicted molar refractivity (Wildman–Crippen MR) is 89.9 cm³/mol. The zero-order valence-corrected chi connectivity index (χ0v) is 14.0. The van der Waals surface area contributed by atoms with Crippen LogP contribution in [0.15, 0.2) is 48.5 Å². The molecule has 2 rings (SSSR count). The van der Waals surface area contributed by atoms with Crippen LogP contribution in [-0.2, 0) is 23.8 Å². The van der Waals surface area contributed by atoms with E-state index in [1.54, 1.807) is 25.1 Å². The number of aromatic carboxylic acids is 1. The van der Waals surface area contributed by atoms with E-state index in [0.717, 1.165) is 12.1 Å². The summed E-state index contributed by atoms with van der Waals surface area (Å²) in [4.78, 5) is 23.3. The number of halogens is 3. The highest BCUT2D eigenvalue weighted by atomic mass is 19.4. The van der Waals surface area contributed by atoms with Gasteiger partial charge in [0.05, 0.1) is 17.5 Å². The van der Waals surface area contributed by atoms with E-state index in [0.29, 0.717) is 17.5 Å². The molecule has 0 fully saturated rings. The van der Waals surface area contributed by atoms with E-state index in [9.17, 15) is 22.8 Å². The Kier molecular flexibility index (Phi) is 6.02. The van der Waals surface area contributed by atoms with Gasteiger partial charge in [0.2, 0.25) is 5.91 Å². The van der Waals surface area contributed by atoms with Gasteiger partial charge in [0.25, 0.3) is 0 Å². The Morgan fingerprint density at radius 2 is 1.69 bits per heavy atom. The van der Waals surface area contributed by atoms with Crippen LogP contribution in [0.5, 0.6) is 0 Å². The summed E-state index contributed by atoms with van der Waals surface area (Å²) in [5.74, 6) is -1.45. The third-order valence-electron chi connectivity index (χ3n) is 3.83. The first-order valence-electron chi connectivity index (χ1n) is 7.93. The van der Waals surface area contributed by atoms with Crippen molar-refractivity contribution in [3.05, 3.63) is 70.8 Å². The molecule has 2 aromatic rings. The Bertz CT molecular complexity index is 785. The zero-order valence-electron chi connectivity index (χ0n) is 14.0. The summed E-state index contributed by atoms with van der Waals surface area (Å²) in [6, 6.07) is 10.7. The van der Waals surface area contributed by atoms with Gasteiger partial charge in [-0.25, -0.2) is 4.79 Å². The van der Waals surface area contributed by atoms with Crippen molar-refractivity contribution in [1.82, 2.24) is 5.32 Å². The molecule has 0 saturated heterocycles. The Hall–Kier alpha value is -2.83. The number of carboxylic acid groups (broad SMARTS) is 1. The second-order valence-corrected chi connectivity index (χ2v) is 6.01. The normalized spacial score (nSPS) is 12.5.